The van der Waals surface area contributed by atoms with Crippen molar-refractivity contribution in [1.29, 1.82) is 0 Å². The second-order valence-electron chi connectivity index (χ2n) is 6.68. The van der Waals surface area contributed by atoms with Gasteiger partial charge in [0.1, 0.15) is 5.75 Å². The molecule has 3 fully saturated rings. The number of rotatable bonds is 4. The number of ether oxygens (including phenoxy) is 1. The Morgan fingerprint density at radius 2 is 1.95 bits per heavy atom. The Hall–Kier alpha value is -1.02. The Morgan fingerprint density at radius 3 is 2.63 bits per heavy atom. The van der Waals surface area contributed by atoms with Gasteiger partial charge in [0.2, 0.25) is 0 Å². The standard InChI is InChI=1S/C17H23NO/c1-10(11-4-3-5-14(9-11)19-2)18-17-15-12-6-7-13(8-12)16(15)17/h3-5,9-10,12-13,15-18H,6-8H2,1-2H3. The Kier molecular flexibility index (Phi) is 2.63. The van der Waals surface area contributed by atoms with Crippen molar-refractivity contribution in [1.82, 2.24) is 5.32 Å². The lowest BCUT2D eigenvalue weighted by Gasteiger charge is -2.18. The van der Waals surface area contributed by atoms with Gasteiger partial charge in [0.15, 0.2) is 0 Å². The van der Waals surface area contributed by atoms with Crippen molar-refractivity contribution in [2.75, 3.05) is 7.11 Å². The molecule has 1 N–H and O–H groups in total. The smallest absolute Gasteiger partial charge is 0.119 e. The van der Waals surface area contributed by atoms with Gasteiger partial charge in [-0.15, -0.1) is 0 Å². The van der Waals surface area contributed by atoms with E-state index >= 15 is 0 Å². The van der Waals surface area contributed by atoms with Crippen molar-refractivity contribution in [3.8, 4) is 5.75 Å². The molecular formula is C17H23NO. The number of hydrogen-bond donors (Lipinski definition) is 1. The molecule has 2 heteroatoms. The lowest BCUT2D eigenvalue weighted by Crippen LogP contribution is -2.26. The van der Waals surface area contributed by atoms with Gasteiger partial charge in [0, 0.05) is 12.1 Å². The van der Waals surface area contributed by atoms with Crippen molar-refractivity contribution in [2.24, 2.45) is 23.7 Å². The molecule has 5 unspecified atom stereocenters. The third-order valence-corrected chi connectivity index (χ3v) is 5.77. The number of benzene rings is 1. The highest BCUT2D eigenvalue weighted by atomic mass is 16.5. The Bertz CT molecular complexity index is 470. The zero-order chi connectivity index (χ0) is 13.0. The van der Waals surface area contributed by atoms with Gasteiger partial charge in [-0.3, -0.25) is 0 Å². The lowest BCUT2D eigenvalue weighted by molar-refractivity contribution is 0.410. The predicted octanol–water partition coefficient (Wildman–Crippen LogP) is 3.39. The fourth-order valence-corrected chi connectivity index (χ4v) is 4.84. The Labute approximate surface area is 115 Å². The van der Waals surface area contributed by atoms with E-state index in [0.717, 1.165) is 35.5 Å². The molecule has 3 saturated carbocycles. The normalized spacial score (nSPS) is 40.0. The van der Waals surface area contributed by atoms with E-state index in [2.05, 4.69) is 30.4 Å². The molecule has 0 radical (unpaired) electrons. The van der Waals surface area contributed by atoms with Crippen LogP contribution in [-0.4, -0.2) is 13.2 Å². The maximum atomic E-state index is 5.32. The van der Waals surface area contributed by atoms with Crippen LogP contribution in [0.25, 0.3) is 0 Å². The summed E-state index contributed by atoms with van der Waals surface area (Å²) in [5, 5.41) is 3.87. The number of methoxy groups -OCH3 is 1. The van der Waals surface area contributed by atoms with E-state index < -0.39 is 0 Å². The molecule has 3 aliphatic rings. The van der Waals surface area contributed by atoms with Gasteiger partial charge in [-0.05, 0) is 67.6 Å². The average molecular weight is 257 g/mol. The zero-order valence-electron chi connectivity index (χ0n) is 11.8. The summed E-state index contributed by atoms with van der Waals surface area (Å²) in [6, 6.07) is 9.70. The molecule has 1 aromatic carbocycles. The summed E-state index contributed by atoms with van der Waals surface area (Å²) in [6.45, 7) is 2.28. The first-order chi connectivity index (χ1) is 9.28. The first-order valence-corrected chi connectivity index (χ1v) is 7.68. The van der Waals surface area contributed by atoms with E-state index in [1.165, 1.54) is 24.8 Å². The second-order valence-corrected chi connectivity index (χ2v) is 6.68. The van der Waals surface area contributed by atoms with E-state index in [4.69, 9.17) is 4.74 Å². The lowest BCUT2D eigenvalue weighted by atomic mass is 10.0. The molecule has 0 aromatic heterocycles. The van der Waals surface area contributed by atoms with Crippen molar-refractivity contribution < 1.29 is 4.74 Å². The molecule has 0 heterocycles. The SMILES string of the molecule is COc1cccc(C(C)NC2C3C4CCC(C4)C23)c1. The average Bonchev–Trinajstić information content (AvgIpc) is 2.85. The number of nitrogens with one attached hydrogen (secondary N) is 1. The summed E-state index contributed by atoms with van der Waals surface area (Å²) < 4.78 is 5.32. The second kappa shape index (κ2) is 4.24. The minimum absolute atomic E-state index is 0.435. The van der Waals surface area contributed by atoms with E-state index in [1.807, 2.05) is 6.07 Å². The van der Waals surface area contributed by atoms with Gasteiger partial charge >= 0.3 is 0 Å². The fraction of sp³-hybridized carbons (Fsp3) is 0.647. The van der Waals surface area contributed by atoms with Crippen molar-refractivity contribution in [3.63, 3.8) is 0 Å². The van der Waals surface area contributed by atoms with Gasteiger partial charge in [-0.25, -0.2) is 0 Å². The van der Waals surface area contributed by atoms with Crippen LogP contribution in [0.15, 0.2) is 24.3 Å². The molecule has 1 aromatic rings. The highest BCUT2D eigenvalue weighted by Crippen LogP contribution is 2.65. The van der Waals surface area contributed by atoms with Crippen LogP contribution < -0.4 is 10.1 Å². The maximum absolute atomic E-state index is 5.32. The van der Waals surface area contributed by atoms with Crippen LogP contribution in [0.1, 0.15) is 37.8 Å². The van der Waals surface area contributed by atoms with Gasteiger partial charge < -0.3 is 10.1 Å². The first-order valence-electron chi connectivity index (χ1n) is 7.68. The molecule has 0 amide bonds. The van der Waals surface area contributed by atoms with Crippen LogP contribution in [0.3, 0.4) is 0 Å². The number of fused-ring (bicyclic) bond motifs is 5. The summed E-state index contributed by atoms with van der Waals surface area (Å²) >= 11 is 0. The van der Waals surface area contributed by atoms with E-state index in [1.54, 1.807) is 7.11 Å². The predicted molar refractivity (Wildman–Crippen MR) is 76.1 cm³/mol. The molecule has 102 valence electrons. The minimum atomic E-state index is 0.435. The van der Waals surface area contributed by atoms with E-state index in [0.29, 0.717) is 6.04 Å². The van der Waals surface area contributed by atoms with Gasteiger partial charge in [0.25, 0.3) is 0 Å². The van der Waals surface area contributed by atoms with Crippen molar-refractivity contribution in [3.05, 3.63) is 29.8 Å². The van der Waals surface area contributed by atoms with Crippen LogP contribution >= 0.6 is 0 Å². The summed E-state index contributed by atoms with van der Waals surface area (Å²) in [5.41, 5.74) is 1.34. The third-order valence-electron chi connectivity index (χ3n) is 5.77. The molecule has 0 saturated heterocycles. The molecule has 2 nitrogen and oxygen atoms in total. The largest absolute Gasteiger partial charge is 0.497 e. The minimum Gasteiger partial charge on any atom is -0.497 e. The first kappa shape index (κ1) is 11.8. The van der Waals surface area contributed by atoms with Crippen LogP contribution in [0.2, 0.25) is 0 Å². The van der Waals surface area contributed by atoms with Crippen LogP contribution in [0.4, 0.5) is 0 Å². The van der Waals surface area contributed by atoms with Crippen LogP contribution in [0, 0.1) is 23.7 Å². The molecule has 3 aliphatic carbocycles. The van der Waals surface area contributed by atoms with Gasteiger partial charge in [-0.2, -0.15) is 0 Å². The monoisotopic (exact) mass is 257 g/mol. The molecule has 0 aliphatic heterocycles. The summed E-state index contributed by atoms with van der Waals surface area (Å²) in [5.74, 6) is 5.07. The van der Waals surface area contributed by atoms with Crippen molar-refractivity contribution >= 4 is 0 Å². The maximum Gasteiger partial charge on any atom is 0.119 e. The molecule has 2 bridgehead atoms. The summed E-state index contributed by atoms with van der Waals surface area (Å²) in [6.07, 6.45) is 4.52. The van der Waals surface area contributed by atoms with E-state index in [9.17, 15) is 0 Å². The van der Waals surface area contributed by atoms with Crippen LogP contribution in [0.5, 0.6) is 5.75 Å². The van der Waals surface area contributed by atoms with Crippen molar-refractivity contribution in [2.45, 2.75) is 38.3 Å². The Morgan fingerprint density at radius 1 is 1.21 bits per heavy atom. The molecule has 0 spiro atoms. The van der Waals surface area contributed by atoms with Gasteiger partial charge in [0.05, 0.1) is 7.11 Å². The molecular weight excluding hydrogens is 234 g/mol. The highest BCUT2D eigenvalue weighted by Gasteiger charge is 2.64. The highest BCUT2D eigenvalue weighted by molar-refractivity contribution is 5.31. The van der Waals surface area contributed by atoms with Gasteiger partial charge in [-0.1, -0.05) is 12.1 Å². The fourth-order valence-electron chi connectivity index (χ4n) is 4.84. The molecule has 5 atom stereocenters. The molecule has 19 heavy (non-hydrogen) atoms. The third kappa shape index (κ3) is 1.80. The Balaban J connectivity index is 1.43. The molecule has 4 rings (SSSR count). The summed E-state index contributed by atoms with van der Waals surface area (Å²) in [7, 11) is 1.74. The zero-order valence-corrected chi connectivity index (χ0v) is 11.8. The topological polar surface area (TPSA) is 21.3 Å². The summed E-state index contributed by atoms with van der Waals surface area (Å²) in [4.78, 5) is 0. The van der Waals surface area contributed by atoms with E-state index in [-0.39, 0.29) is 0 Å². The number of hydrogen-bond acceptors (Lipinski definition) is 2. The quantitative estimate of drug-likeness (QED) is 0.892. The van der Waals surface area contributed by atoms with Crippen LogP contribution in [-0.2, 0) is 0 Å².